The van der Waals surface area contributed by atoms with Crippen LogP contribution in [0.1, 0.15) is 42.4 Å². The third kappa shape index (κ3) is 2.45. The lowest BCUT2D eigenvalue weighted by Gasteiger charge is -2.34. The second-order valence-corrected chi connectivity index (χ2v) is 5.69. The summed E-state index contributed by atoms with van der Waals surface area (Å²) in [7, 11) is 1.88. The van der Waals surface area contributed by atoms with E-state index < -0.39 is 0 Å². The smallest absolute Gasteiger partial charge is 0.141 e. The van der Waals surface area contributed by atoms with E-state index in [4.69, 9.17) is 11.6 Å². The molecule has 0 spiro atoms. The van der Waals surface area contributed by atoms with Gasteiger partial charge in [0.1, 0.15) is 17.3 Å². The minimum atomic E-state index is 0.293. The van der Waals surface area contributed by atoms with Gasteiger partial charge in [-0.25, -0.2) is 4.98 Å². The van der Waals surface area contributed by atoms with Crippen molar-refractivity contribution in [1.82, 2.24) is 29.9 Å². The topological polar surface area (TPSA) is 62.6 Å². The summed E-state index contributed by atoms with van der Waals surface area (Å²) < 4.78 is 1.74. The predicted octanol–water partition coefficient (Wildman–Crippen LogP) is 2.23. The highest BCUT2D eigenvalue weighted by Gasteiger charge is 2.27. The highest BCUT2D eigenvalue weighted by atomic mass is 35.5. The summed E-state index contributed by atoms with van der Waals surface area (Å²) in [5.41, 5.74) is 2.11. The Morgan fingerprint density at radius 1 is 1.45 bits per heavy atom. The first-order valence-corrected chi connectivity index (χ1v) is 7.32. The molecule has 0 aliphatic carbocycles. The second-order valence-electron chi connectivity index (χ2n) is 5.33. The maximum Gasteiger partial charge on any atom is 0.141 e. The van der Waals surface area contributed by atoms with Crippen molar-refractivity contribution in [3.8, 4) is 0 Å². The molecule has 0 radical (unpaired) electrons. The number of aryl methyl sites for hydroxylation is 2. The molecule has 3 heterocycles. The molecule has 1 atom stereocenters. The first-order valence-electron chi connectivity index (χ1n) is 6.94. The Labute approximate surface area is 123 Å². The molecule has 20 heavy (non-hydrogen) atoms. The Morgan fingerprint density at radius 3 is 2.95 bits per heavy atom. The summed E-state index contributed by atoms with van der Waals surface area (Å²) >= 11 is 6.34. The molecule has 0 unspecified atom stereocenters. The van der Waals surface area contributed by atoms with Gasteiger partial charge in [-0.15, -0.1) is 0 Å². The molecule has 1 aliphatic rings. The first kappa shape index (κ1) is 13.6. The van der Waals surface area contributed by atoms with E-state index in [-0.39, 0.29) is 0 Å². The number of hydrogen-bond acceptors (Lipinski definition) is 4. The summed E-state index contributed by atoms with van der Waals surface area (Å²) in [6, 6.07) is 0.293. The van der Waals surface area contributed by atoms with Gasteiger partial charge < -0.3 is 0 Å². The highest BCUT2D eigenvalue weighted by Crippen LogP contribution is 2.31. The lowest BCUT2D eigenvalue weighted by atomic mass is 10.0. The predicted molar refractivity (Wildman–Crippen MR) is 76.3 cm³/mol. The zero-order valence-electron chi connectivity index (χ0n) is 11.8. The number of hydrogen-bond donors (Lipinski definition) is 1. The molecule has 2 aromatic rings. The van der Waals surface area contributed by atoms with E-state index in [0.29, 0.717) is 6.04 Å². The number of nitrogens with one attached hydrogen (secondary N) is 1. The van der Waals surface area contributed by atoms with Crippen molar-refractivity contribution >= 4 is 11.6 Å². The van der Waals surface area contributed by atoms with E-state index >= 15 is 0 Å². The Balaban J connectivity index is 1.84. The summed E-state index contributed by atoms with van der Waals surface area (Å²) in [4.78, 5) is 6.74. The number of H-pyrrole nitrogens is 1. The van der Waals surface area contributed by atoms with Crippen LogP contribution in [0.3, 0.4) is 0 Å². The number of halogens is 1. The van der Waals surface area contributed by atoms with E-state index in [9.17, 15) is 0 Å². The average molecular weight is 295 g/mol. The zero-order chi connectivity index (χ0) is 14.1. The Kier molecular flexibility index (Phi) is 3.76. The largest absolute Gasteiger partial charge is 0.289 e. The van der Waals surface area contributed by atoms with Crippen LogP contribution in [-0.2, 0) is 13.6 Å². The SMILES string of the molecule is Cc1nn(C)c(Cl)c1CN1CCCC[C@H]1c1ncn[nH]1. The fraction of sp³-hybridized carbons (Fsp3) is 0.615. The maximum absolute atomic E-state index is 6.34. The van der Waals surface area contributed by atoms with Gasteiger partial charge in [0.15, 0.2) is 0 Å². The van der Waals surface area contributed by atoms with Gasteiger partial charge in [-0.05, 0) is 26.3 Å². The molecule has 2 aromatic heterocycles. The molecule has 7 heteroatoms. The third-order valence-corrected chi connectivity index (χ3v) is 4.47. The molecule has 0 amide bonds. The lowest BCUT2D eigenvalue weighted by molar-refractivity contribution is 0.134. The van der Waals surface area contributed by atoms with Crippen molar-refractivity contribution < 1.29 is 0 Å². The average Bonchev–Trinajstić information content (AvgIpc) is 3.04. The number of piperidine rings is 1. The summed E-state index contributed by atoms with van der Waals surface area (Å²) in [5.74, 6) is 0.947. The van der Waals surface area contributed by atoms with Crippen molar-refractivity contribution in [3.05, 3.63) is 28.6 Å². The fourth-order valence-corrected chi connectivity index (χ4v) is 3.16. The van der Waals surface area contributed by atoms with Gasteiger partial charge in [0.2, 0.25) is 0 Å². The van der Waals surface area contributed by atoms with E-state index in [2.05, 4.69) is 25.2 Å². The molecule has 0 saturated carbocycles. The van der Waals surface area contributed by atoms with Gasteiger partial charge in [-0.2, -0.15) is 10.2 Å². The van der Waals surface area contributed by atoms with Crippen LogP contribution >= 0.6 is 11.6 Å². The van der Waals surface area contributed by atoms with E-state index in [0.717, 1.165) is 41.7 Å². The van der Waals surface area contributed by atoms with Crippen molar-refractivity contribution in [2.45, 2.75) is 38.8 Å². The normalized spacial score (nSPS) is 20.4. The lowest BCUT2D eigenvalue weighted by Crippen LogP contribution is -2.33. The first-order chi connectivity index (χ1) is 9.66. The summed E-state index contributed by atoms with van der Waals surface area (Å²) in [6.45, 7) is 3.87. The van der Waals surface area contributed by atoms with Crippen molar-refractivity contribution in [1.29, 1.82) is 0 Å². The van der Waals surface area contributed by atoms with Crippen molar-refractivity contribution in [2.75, 3.05) is 6.54 Å². The molecular formula is C13H19ClN6. The molecule has 1 aliphatic heterocycles. The van der Waals surface area contributed by atoms with Crippen LogP contribution < -0.4 is 0 Å². The minimum Gasteiger partial charge on any atom is -0.289 e. The van der Waals surface area contributed by atoms with Gasteiger partial charge >= 0.3 is 0 Å². The third-order valence-electron chi connectivity index (χ3n) is 3.99. The van der Waals surface area contributed by atoms with Crippen molar-refractivity contribution in [2.24, 2.45) is 7.05 Å². The van der Waals surface area contributed by atoms with Crippen molar-refractivity contribution in [3.63, 3.8) is 0 Å². The van der Waals surface area contributed by atoms with E-state index in [1.165, 1.54) is 12.8 Å². The van der Waals surface area contributed by atoms with Crippen LogP contribution in [0.5, 0.6) is 0 Å². The van der Waals surface area contributed by atoms with Gasteiger partial charge in [0.25, 0.3) is 0 Å². The molecule has 3 rings (SSSR count). The van der Waals surface area contributed by atoms with Gasteiger partial charge in [0.05, 0.1) is 11.7 Å². The molecule has 1 N–H and O–H groups in total. The van der Waals surface area contributed by atoms with Crippen LogP contribution in [-0.4, -0.2) is 36.4 Å². The van der Waals surface area contributed by atoms with Gasteiger partial charge in [-0.3, -0.25) is 14.7 Å². The summed E-state index contributed by atoms with van der Waals surface area (Å²) in [5, 5.41) is 12.1. The highest BCUT2D eigenvalue weighted by molar-refractivity contribution is 6.30. The van der Waals surface area contributed by atoms with Crippen LogP contribution in [0, 0.1) is 6.92 Å². The van der Waals surface area contributed by atoms with E-state index in [1.807, 2.05) is 14.0 Å². The number of rotatable bonds is 3. The van der Waals surface area contributed by atoms with Crippen LogP contribution in [0.4, 0.5) is 0 Å². The zero-order valence-corrected chi connectivity index (χ0v) is 12.6. The maximum atomic E-state index is 6.34. The van der Waals surface area contributed by atoms with Crippen LogP contribution in [0.2, 0.25) is 5.15 Å². The second kappa shape index (κ2) is 5.54. The number of likely N-dealkylation sites (tertiary alicyclic amines) is 1. The summed E-state index contributed by atoms with van der Waals surface area (Å²) in [6.07, 6.45) is 5.11. The quantitative estimate of drug-likeness (QED) is 0.943. The number of aromatic amines is 1. The van der Waals surface area contributed by atoms with Gasteiger partial charge in [-0.1, -0.05) is 18.0 Å². The van der Waals surface area contributed by atoms with Crippen LogP contribution in [0.15, 0.2) is 6.33 Å². The Morgan fingerprint density at radius 2 is 2.30 bits per heavy atom. The van der Waals surface area contributed by atoms with Crippen LogP contribution in [0.25, 0.3) is 0 Å². The minimum absolute atomic E-state index is 0.293. The molecule has 0 aromatic carbocycles. The fourth-order valence-electron chi connectivity index (χ4n) is 2.92. The van der Waals surface area contributed by atoms with Gasteiger partial charge in [0, 0.05) is 19.2 Å². The standard InChI is InChI=1S/C13H19ClN6/c1-9-10(12(14)19(2)18-9)7-20-6-4-3-5-11(20)13-15-8-16-17-13/h8,11H,3-7H2,1-2H3,(H,15,16,17)/t11-/m0/s1. The van der Waals surface area contributed by atoms with E-state index in [1.54, 1.807) is 11.0 Å². The Bertz CT molecular complexity index is 576. The number of nitrogens with zero attached hydrogens (tertiary/aromatic N) is 5. The molecule has 1 saturated heterocycles. The molecular weight excluding hydrogens is 276 g/mol. The monoisotopic (exact) mass is 294 g/mol. The molecule has 1 fully saturated rings. The molecule has 0 bridgehead atoms. The molecule has 108 valence electrons. The molecule has 6 nitrogen and oxygen atoms in total. The Hall–Kier alpha value is -1.40. The number of aromatic nitrogens is 5.